The quantitative estimate of drug-likeness (QED) is 0.460. The first-order valence-electron chi connectivity index (χ1n) is 12.8. The van der Waals surface area contributed by atoms with Gasteiger partial charge in [0.25, 0.3) is 0 Å². The highest BCUT2D eigenvalue weighted by molar-refractivity contribution is 5.96. The fourth-order valence-electron chi connectivity index (χ4n) is 4.73. The van der Waals surface area contributed by atoms with Gasteiger partial charge in [-0.1, -0.05) is 18.9 Å². The Bertz CT molecular complexity index is 1030. The number of hydrogen-bond donors (Lipinski definition) is 3. The Kier molecular flexibility index (Phi) is 9.22. The van der Waals surface area contributed by atoms with Gasteiger partial charge in [0.05, 0.1) is 6.26 Å². The van der Waals surface area contributed by atoms with E-state index in [-0.39, 0.29) is 5.69 Å². The highest BCUT2D eigenvalue weighted by Gasteiger charge is 2.17. The number of fused-ring (bicyclic) bond motifs is 1. The molecule has 2 aliphatic heterocycles. The first-order chi connectivity index (χ1) is 17.1. The minimum atomic E-state index is -0.992. The Morgan fingerprint density at radius 2 is 1.74 bits per heavy atom. The molecule has 2 aromatic heterocycles. The minimum absolute atomic E-state index is 0.143. The topological polar surface area (TPSA) is 108 Å². The molecule has 4 N–H and O–H groups in total. The van der Waals surface area contributed by atoms with E-state index >= 15 is 0 Å². The van der Waals surface area contributed by atoms with Gasteiger partial charge in [0.15, 0.2) is 0 Å². The van der Waals surface area contributed by atoms with Gasteiger partial charge in [0, 0.05) is 30.0 Å². The number of piperidine rings is 1. The van der Waals surface area contributed by atoms with Crippen molar-refractivity contribution >= 4 is 16.9 Å². The lowest BCUT2D eigenvalue weighted by Crippen LogP contribution is -2.43. The van der Waals surface area contributed by atoms with E-state index in [1.165, 1.54) is 77.8 Å². The van der Waals surface area contributed by atoms with Crippen LogP contribution in [0, 0.1) is 0 Å². The molecule has 0 unspecified atom stereocenters. The van der Waals surface area contributed by atoms with E-state index in [4.69, 9.17) is 20.0 Å². The number of ether oxygens (including phenoxy) is 1. The van der Waals surface area contributed by atoms with Crippen molar-refractivity contribution in [3.63, 3.8) is 0 Å². The Morgan fingerprint density at radius 1 is 1.03 bits per heavy atom. The number of likely N-dealkylation sites (tertiary alicyclic amines) is 2. The maximum absolute atomic E-state index is 10.9. The van der Waals surface area contributed by atoms with Crippen LogP contribution in [0.15, 0.2) is 47.1 Å². The van der Waals surface area contributed by atoms with Crippen molar-refractivity contribution in [3.8, 4) is 5.75 Å². The molecule has 0 amide bonds. The van der Waals surface area contributed by atoms with Gasteiger partial charge in [0.1, 0.15) is 23.8 Å². The molecule has 35 heavy (non-hydrogen) atoms. The third-order valence-corrected chi connectivity index (χ3v) is 6.87. The fraction of sp³-hybridized carbons (Fsp3) is 0.519. The number of benzene rings is 1. The van der Waals surface area contributed by atoms with Crippen LogP contribution in [0.3, 0.4) is 0 Å². The molecule has 8 heteroatoms. The van der Waals surface area contributed by atoms with Crippen molar-refractivity contribution in [2.24, 2.45) is 5.73 Å². The SMILES string of the molecule is NC1CCN(CCN2CCCCCC2)CC1.O=C(O)c1cc2c(OCc3ccco3)cccc2[nH]1. The molecule has 4 heterocycles. The van der Waals surface area contributed by atoms with E-state index in [1.807, 2.05) is 18.2 Å². The van der Waals surface area contributed by atoms with E-state index in [1.54, 1.807) is 24.5 Å². The zero-order valence-electron chi connectivity index (χ0n) is 20.5. The van der Waals surface area contributed by atoms with E-state index < -0.39 is 5.97 Å². The summed E-state index contributed by atoms with van der Waals surface area (Å²) in [5, 5.41) is 9.71. The second-order valence-corrected chi connectivity index (χ2v) is 9.51. The molecule has 2 saturated heterocycles. The summed E-state index contributed by atoms with van der Waals surface area (Å²) in [7, 11) is 0. The lowest BCUT2D eigenvalue weighted by atomic mass is 10.1. The number of nitrogens with zero attached hydrogens (tertiary/aromatic N) is 2. The molecule has 0 aliphatic carbocycles. The molecule has 5 rings (SSSR count). The summed E-state index contributed by atoms with van der Waals surface area (Å²) in [6.45, 7) is 7.92. The van der Waals surface area contributed by atoms with Crippen molar-refractivity contribution in [2.45, 2.75) is 51.2 Å². The van der Waals surface area contributed by atoms with Crippen LogP contribution in [0.2, 0.25) is 0 Å². The summed E-state index contributed by atoms with van der Waals surface area (Å²) in [6.07, 6.45) is 9.66. The van der Waals surface area contributed by atoms with Crippen LogP contribution in [-0.2, 0) is 6.61 Å². The van der Waals surface area contributed by atoms with Gasteiger partial charge in [-0.15, -0.1) is 0 Å². The number of aromatic amines is 1. The van der Waals surface area contributed by atoms with Crippen LogP contribution >= 0.6 is 0 Å². The lowest BCUT2D eigenvalue weighted by Gasteiger charge is -2.32. The average Bonchev–Trinajstić information content (AvgIpc) is 3.48. The number of carbonyl (C=O) groups is 1. The Morgan fingerprint density at radius 3 is 2.40 bits per heavy atom. The monoisotopic (exact) mass is 482 g/mol. The highest BCUT2D eigenvalue weighted by atomic mass is 16.5. The van der Waals surface area contributed by atoms with Crippen LogP contribution < -0.4 is 10.5 Å². The van der Waals surface area contributed by atoms with Crippen LogP contribution in [0.25, 0.3) is 10.9 Å². The zero-order chi connectivity index (χ0) is 24.5. The summed E-state index contributed by atoms with van der Waals surface area (Å²) >= 11 is 0. The highest BCUT2D eigenvalue weighted by Crippen LogP contribution is 2.27. The third-order valence-electron chi connectivity index (χ3n) is 6.87. The van der Waals surface area contributed by atoms with Gasteiger partial charge in [-0.2, -0.15) is 0 Å². The smallest absolute Gasteiger partial charge is 0.352 e. The second kappa shape index (κ2) is 12.8. The van der Waals surface area contributed by atoms with Crippen molar-refractivity contribution in [3.05, 3.63) is 54.1 Å². The van der Waals surface area contributed by atoms with E-state index in [9.17, 15) is 4.79 Å². The van der Waals surface area contributed by atoms with Gasteiger partial charge in [-0.3, -0.25) is 0 Å². The molecular formula is C27H38N4O4. The molecule has 1 aromatic carbocycles. The lowest BCUT2D eigenvalue weighted by molar-refractivity contribution is 0.0691. The first kappa shape index (κ1) is 25.3. The van der Waals surface area contributed by atoms with E-state index in [0.29, 0.717) is 24.2 Å². The minimum Gasteiger partial charge on any atom is -0.485 e. The zero-order valence-corrected chi connectivity index (χ0v) is 20.5. The van der Waals surface area contributed by atoms with Gasteiger partial charge in [-0.25, -0.2) is 4.79 Å². The summed E-state index contributed by atoms with van der Waals surface area (Å²) < 4.78 is 10.8. The number of rotatable bonds is 7. The number of H-pyrrole nitrogens is 1. The summed E-state index contributed by atoms with van der Waals surface area (Å²) in [6, 6.07) is 11.1. The number of aromatic carboxylic acids is 1. The molecule has 2 fully saturated rings. The maximum atomic E-state index is 10.9. The Balaban J connectivity index is 0.000000168. The van der Waals surface area contributed by atoms with Gasteiger partial charge >= 0.3 is 5.97 Å². The summed E-state index contributed by atoms with van der Waals surface area (Å²) in [5.41, 5.74) is 6.79. The second-order valence-electron chi connectivity index (χ2n) is 9.51. The molecule has 3 aromatic rings. The molecule has 0 saturated carbocycles. The van der Waals surface area contributed by atoms with Crippen LogP contribution in [0.4, 0.5) is 0 Å². The van der Waals surface area contributed by atoms with E-state index in [2.05, 4.69) is 14.8 Å². The largest absolute Gasteiger partial charge is 0.485 e. The number of hydrogen-bond acceptors (Lipinski definition) is 6. The number of nitrogens with two attached hydrogens (primary N) is 1. The number of carboxylic acids is 1. The predicted molar refractivity (Wildman–Crippen MR) is 137 cm³/mol. The first-order valence-corrected chi connectivity index (χ1v) is 12.8. The molecule has 8 nitrogen and oxygen atoms in total. The van der Waals surface area contributed by atoms with Gasteiger partial charge in [0.2, 0.25) is 0 Å². The van der Waals surface area contributed by atoms with Crippen molar-refractivity contribution in [1.29, 1.82) is 0 Å². The summed E-state index contributed by atoms with van der Waals surface area (Å²) in [4.78, 5) is 19.0. The maximum Gasteiger partial charge on any atom is 0.352 e. The average molecular weight is 483 g/mol. The molecule has 0 spiro atoms. The molecule has 2 aliphatic rings. The number of aromatic nitrogens is 1. The molecule has 190 valence electrons. The van der Waals surface area contributed by atoms with Gasteiger partial charge < -0.3 is 34.8 Å². The third kappa shape index (κ3) is 7.59. The number of carboxylic acid groups (broad SMARTS) is 1. The predicted octanol–water partition coefficient (Wildman–Crippen LogP) is 4.32. The molecular weight excluding hydrogens is 444 g/mol. The fourth-order valence-corrected chi connectivity index (χ4v) is 4.73. The standard InChI is InChI=1S/C14H11NO4.C13H27N3/c16-14(17)12-7-10-11(15-12)4-1-5-13(10)19-8-9-3-2-6-18-9;14-13-5-9-16(10-6-13)12-11-15-7-3-1-2-4-8-15/h1-7,15H,8H2,(H,16,17);13H,1-12,14H2. The summed E-state index contributed by atoms with van der Waals surface area (Å²) in [5.74, 6) is 0.344. The van der Waals surface area contributed by atoms with Crippen LogP contribution in [-0.4, -0.2) is 71.2 Å². The Labute approximate surface area is 207 Å². The van der Waals surface area contributed by atoms with E-state index in [0.717, 1.165) is 10.9 Å². The molecule has 0 radical (unpaired) electrons. The van der Waals surface area contributed by atoms with Crippen LogP contribution in [0.1, 0.15) is 54.8 Å². The van der Waals surface area contributed by atoms with Crippen molar-refractivity contribution in [2.75, 3.05) is 39.3 Å². The van der Waals surface area contributed by atoms with Gasteiger partial charge in [-0.05, 0) is 82.2 Å². The van der Waals surface area contributed by atoms with Crippen molar-refractivity contribution < 1.29 is 19.1 Å². The normalized spacial score (nSPS) is 18.1. The number of nitrogens with one attached hydrogen (secondary N) is 1. The Hall–Kier alpha value is -2.81. The molecule has 0 bridgehead atoms. The van der Waals surface area contributed by atoms with Crippen molar-refractivity contribution in [1.82, 2.24) is 14.8 Å². The molecule has 0 atom stereocenters. The van der Waals surface area contributed by atoms with Crippen LogP contribution in [0.5, 0.6) is 5.75 Å². The number of furan rings is 1.